The van der Waals surface area contributed by atoms with Crippen LogP contribution in [0.2, 0.25) is 0 Å². The Morgan fingerprint density at radius 2 is 2.06 bits per heavy atom. The molecule has 0 saturated carbocycles. The minimum absolute atomic E-state index is 0.0867. The summed E-state index contributed by atoms with van der Waals surface area (Å²) >= 11 is 0.907. The van der Waals surface area contributed by atoms with E-state index in [1.165, 1.54) is 12.1 Å². The number of aromatic carboxylic acids is 1. The van der Waals surface area contributed by atoms with Crippen molar-refractivity contribution in [2.45, 2.75) is 0 Å². The number of carbonyl (C=O) groups is 1. The summed E-state index contributed by atoms with van der Waals surface area (Å²) < 4.78 is 0.417. The van der Waals surface area contributed by atoms with Gasteiger partial charge in [-0.25, -0.2) is 4.79 Å². The van der Waals surface area contributed by atoms with Crippen molar-refractivity contribution in [1.29, 1.82) is 0 Å². The molecule has 0 fully saturated rings. The molecular formula is C10H5NO5S. The number of nitro groups is 1. The number of nitrogens with zero attached hydrogens (tertiary/aromatic N) is 1. The van der Waals surface area contributed by atoms with E-state index in [0.717, 1.165) is 23.5 Å². The van der Waals surface area contributed by atoms with Crippen LogP contribution in [-0.2, 0) is 0 Å². The second-order valence-electron chi connectivity index (χ2n) is 3.22. The van der Waals surface area contributed by atoms with E-state index < -0.39 is 16.3 Å². The van der Waals surface area contributed by atoms with Gasteiger partial charge in [0.25, 0.3) is 5.69 Å². The molecule has 1 aromatic heterocycles. The Labute approximate surface area is 97.9 Å². The third-order valence-corrected chi connectivity index (χ3v) is 3.22. The van der Waals surface area contributed by atoms with Gasteiger partial charge in [-0.2, -0.15) is 0 Å². The van der Waals surface area contributed by atoms with Crippen molar-refractivity contribution in [3.63, 3.8) is 0 Å². The first-order valence-corrected chi connectivity index (χ1v) is 5.26. The van der Waals surface area contributed by atoms with Crippen LogP contribution in [0.4, 0.5) is 5.69 Å². The molecule has 0 aliphatic heterocycles. The molecule has 0 aliphatic rings. The summed E-state index contributed by atoms with van der Waals surface area (Å²) in [6.45, 7) is 0. The van der Waals surface area contributed by atoms with Crippen LogP contribution in [0.1, 0.15) is 9.67 Å². The van der Waals surface area contributed by atoms with Crippen LogP contribution in [-0.4, -0.2) is 16.0 Å². The summed E-state index contributed by atoms with van der Waals surface area (Å²) in [5, 5.41) is 19.5. The van der Waals surface area contributed by atoms with E-state index in [1.807, 2.05) is 0 Å². The Kier molecular flexibility index (Phi) is 2.60. The number of hydrogen-bond acceptors (Lipinski definition) is 5. The Hall–Kier alpha value is -2.28. The third kappa shape index (κ3) is 2.00. The van der Waals surface area contributed by atoms with Gasteiger partial charge in [0.15, 0.2) is 5.43 Å². The summed E-state index contributed by atoms with van der Waals surface area (Å²) in [4.78, 5) is 32.2. The SMILES string of the molecule is O=C(O)c1cc(=O)c2cc([N+](=O)[O-])ccc2s1. The van der Waals surface area contributed by atoms with E-state index in [0.29, 0.717) is 4.70 Å². The molecule has 1 heterocycles. The Bertz CT molecular complexity index is 691. The van der Waals surface area contributed by atoms with Crippen LogP contribution >= 0.6 is 11.3 Å². The molecule has 6 nitrogen and oxygen atoms in total. The maximum Gasteiger partial charge on any atom is 0.346 e. The van der Waals surface area contributed by atoms with Gasteiger partial charge in [-0.05, 0) is 6.07 Å². The van der Waals surface area contributed by atoms with Gasteiger partial charge in [0.1, 0.15) is 4.88 Å². The van der Waals surface area contributed by atoms with Crippen molar-refractivity contribution in [3.8, 4) is 0 Å². The molecule has 2 rings (SSSR count). The number of fused-ring (bicyclic) bond motifs is 1. The van der Waals surface area contributed by atoms with Crippen molar-refractivity contribution in [2.75, 3.05) is 0 Å². The van der Waals surface area contributed by atoms with Crippen LogP contribution in [0.3, 0.4) is 0 Å². The number of non-ortho nitro benzene ring substituents is 1. The van der Waals surface area contributed by atoms with Crippen LogP contribution in [0.5, 0.6) is 0 Å². The quantitative estimate of drug-likeness (QED) is 0.649. The van der Waals surface area contributed by atoms with Crippen LogP contribution in [0.15, 0.2) is 29.1 Å². The lowest BCUT2D eigenvalue weighted by molar-refractivity contribution is -0.384. The smallest absolute Gasteiger partial charge is 0.346 e. The minimum Gasteiger partial charge on any atom is -0.477 e. The fourth-order valence-electron chi connectivity index (χ4n) is 1.36. The maximum absolute atomic E-state index is 11.6. The van der Waals surface area contributed by atoms with Gasteiger partial charge in [-0.1, -0.05) is 0 Å². The van der Waals surface area contributed by atoms with E-state index in [4.69, 9.17) is 5.11 Å². The molecule has 86 valence electrons. The molecule has 0 radical (unpaired) electrons. The molecule has 7 heteroatoms. The van der Waals surface area contributed by atoms with E-state index in [9.17, 15) is 19.7 Å². The highest BCUT2D eigenvalue weighted by atomic mass is 32.1. The fourth-order valence-corrected chi connectivity index (χ4v) is 2.26. The van der Waals surface area contributed by atoms with Gasteiger partial charge in [-0.3, -0.25) is 14.9 Å². The minimum atomic E-state index is -1.19. The Balaban J connectivity index is 2.77. The van der Waals surface area contributed by atoms with E-state index in [2.05, 4.69) is 0 Å². The number of hydrogen-bond donors (Lipinski definition) is 1. The summed E-state index contributed by atoms with van der Waals surface area (Å²) in [6.07, 6.45) is 0. The fraction of sp³-hybridized carbons (Fsp3) is 0. The molecule has 0 atom stereocenters. The summed E-state index contributed by atoms with van der Waals surface area (Å²) in [5.41, 5.74) is -0.718. The molecule has 0 saturated heterocycles. The van der Waals surface area contributed by atoms with Crippen molar-refractivity contribution < 1.29 is 14.8 Å². The highest BCUT2D eigenvalue weighted by Gasteiger charge is 2.12. The average Bonchev–Trinajstić information content (AvgIpc) is 2.28. The lowest BCUT2D eigenvalue weighted by Crippen LogP contribution is -2.04. The molecule has 17 heavy (non-hydrogen) atoms. The molecule has 0 aliphatic carbocycles. The predicted octanol–water partition coefficient (Wildman–Crippen LogP) is 1.87. The number of benzene rings is 1. The summed E-state index contributed by atoms with van der Waals surface area (Å²) in [7, 11) is 0. The summed E-state index contributed by atoms with van der Waals surface area (Å²) in [6, 6.07) is 4.74. The third-order valence-electron chi connectivity index (χ3n) is 2.13. The molecule has 0 spiro atoms. The van der Waals surface area contributed by atoms with Crippen molar-refractivity contribution >= 4 is 33.1 Å². The van der Waals surface area contributed by atoms with E-state index in [-0.39, 0.29) is 16.0 Å². The molecule has 1 aromatic carbocycles. The first kappa shape index (κ1) is 11.2. The zero-order valence-electron chi connectivity index (χ0n) is 8.25. The second-order valence-corrected chi connectivity index (χ2v) is 4.30. The average molecular weight is 251 g/mol. The molecule has 2 aromatic rings. The van der Waals surface area contributed by atoms with Crippen LogP contribution in [0.25, 0.3) is 10.1 Å². The largest absolute Gasteiger partial charge is 0.477 e. The normalized spacial score (nSPS) is 10.4. The standard InChI is InChI=1S/C10H5NO5S/c12-7-4-9(10(13)14)17-8-2-1-5(11(15)16)3-6(7)8/h1-4H,(H,13,14). The number of rotatable bonds is 2. The van der Waals surface area contributed by atoms with Crippen LogP contribution < -0.4 is 5.43 Å². The lowest BCUT2D eigenvalue weighted by Gasteiger charge is -1.98. The predicted molar refractivity (Wildman–Crippen MR) is 61.7 cm³/mol. The molecule has 0 unspecified atom stereocenters. The highest BCUT2D eigenvalue weighted by Crippen LogP contribution is 2.23. The first-order chi connectivity index (χ1) is 7.99. The monoisotopic (exact) mass is 251 g/mol. The van der Waals surface area contributed by atoms with E-state index in [1.54, 1.807) is 0 Å². The zero-order chi connectivity index (χ0) is 12.6. The number of carboxylic acids is 1. The summed E-state index contributed by atoms with van der Waals surface area (Å²) in [5.74, 6) is -1.19. The molecular weight excluding hydrogens is 246 g/mol. The second kappa shape index (κ2) is 3.95. The highest BCUT2D eigenvalue weighted by molar-refractivity contribution is 7.20. The maximum atomic E-state index is 11.6. The van der Waals surface area contributed by atoms with Crippen LogP contribution in [0, 0.1) is 10.1 Å². The molecule has 0 amide bonds. The van der Waals surface area contributed by atoms with Gasteiger partial charge in [0.05, 0.1) is 4.92 Å². The number of carboxylic acid groups (broad SMARTS) is 1. The van der Waals surface area contributed by atoms with Gasteiger partial charge in [0.2, 0.25) is 0 Å². The molecule has 0 bridgehead atoms. The number of nitro benzene ring substituents is 1. The van der Waals surface area contributed by atoms with Gasteiger partial charge < -0.3 is 5.11 Å². The van der Waals surface area contributed by atoms with Crippen molar-refractivity contribution in [2.24, 2.45) is 0 Å². The lowest BCUT2D eigenvalue weighted by atomic mass is 10.2. The van der Waals surface area contributed by atoms with Gasteiger partial charge >= 0.3 is 5.97 Å². The van der Waals surface area contributed by atoms with Gasteiger partial charge in [0, 0.05) is 28.3 Å². The first-order valence-electron chi connectivity index (χ1n) is 4.44. The van der Waals surface area contributed by atoms with Crippen molar-refractivity contribution in [3.05, 3.63) is 49.5 Å². The zero-order valence-corrected chi connectivity index (χ0v) is 9.06. The Morgan fingerprint density at radius 3 is 2.65 bits per heavy atom. The van der Waals surface area contributed by atoms with E-state index >= 15 is 0 Å². The topological polar surface area (TPSA) is 97.5 Å². The van der Waals surface area contributed by atoms with Crippen molar-refractivity contribution in [1.82, 2.24) is 0 Å². The molecule has 1 N–H and O–H groups in total. The van der Waals surface area contributed by atoms with Gasteiger partial charge in [-0.15, -0.1) is 11.3 Å². The Morgan fingerprint density at radius 1 is 1.35 bits per heavy atom.